The van der Waals surface area contributed by atoms with E-state index in [4.69, 9.17) is 0 Å². The first kappa shape index (κ1) is 5.61. The highest BCUT2D eigenvalue weighted by Gasteiger charge is 2.88. The van der Waals surface area contributed by atoms with E-state index in [-0.39, 0.29) is 0 Å². The first-order valence-electron chi connectivity index (χ1n) is 5.19. The monoisotopic (exact) mass is 148 g/mol. The van der Waals surface area contributed by atoms with Gasteiger partial charge >= 0.3 is 0 Å². The van der Waals surface area contributed by atoms with E-state index in [1.165, 1.54) is 11.8 Å². The minimum Gasteiger partial charge on any atom is -0.0614 e. The van der Waals surface area contributed by atoms with Crippen molar-refractivity contribution in [2.45, 2.75) is 33.1 Å². The predicted molar refractivity (Wildman–Crippen MR) is 44.0 cm³/mol. The molecule has 11 heavy (non-hydrogen) atoms. The quantitative estimate of drug-likeness (QED) is 0.495. The third kappa shape index (κ3) is 0.302. The summed E-state index contributed by atoms with van der Waals surface area (Å²) in [5.41, 5.74) is 1.77. The Morgan fingerprint density at radius 2 is 2.09 bits per heavy atom. The van der Waals surface area contributed by atoms with Crippen LogP contribution in [0.5, 0.6) is 0 Å². The van der Waals surface area contributed by atoms with Gasteiger partial charge in [-0.15, -0.1) is 0 Å². The number of hydrogen-bond donors (Lipinski definition) is 0. The third-order valence-corrected chi connectivity index (χ3v) is 6.03. The average molecular weight is 148 g/mol. The van der Waals surface area contributed by atoms with Gasteiger partial charge in [-0.05, 0) is 53.8 Å². The van der Waals surface area contributed by atoms with Crippen molar-refractivity contribution in [2.24, 2.45) is 34.5 Å². The Bertz CT molecular complexity index is 241. The molecule has 0 aliphatic heterocycles. The van der Waals surface area contributed by atoms with Crippen LogP contribution in [0.3, 0.4) is 0 Å². The van der Waals surface area contributed by atoms with Crippen LogP contribution in [-0.2, 0) is 0 Å². The van der Waals surface area contributed by atoms with Crippen molar-refractivity contribution in [3.63, 3.8) is 0 Å². The second-order valence-corrected chi connectivity index (χ2v) is 5.93. The van der Waals surface area contributed by atoms with Crippen LogP contribution in [0.2, 0.25) is 0 Å². The van der Waals surface area contributed by atoms with Crippen molar-refractivity contribution in [3.05, 3.63) is 0 Å². The largest absolute Gasteiger partial charge is 0.0614 e. The molecule has 6 unspecified atom stereocenters. The van der Waals surface area contributed by atoms with Crippen molar-refractivity contribution < 1.29 is 0 Å². The Balaban J connectivity index is 1.94. The van der Waals surface area contributed by atoms with Crippen molar-refractivity contribution in [1.82, 2.24) is 0 Å². The van der Waals surface area contributed by atoms with Gasteiger partial charge in [0.2, 0.25) is 0 Å². The molecule has 1 spiro atoms. The molecule has 0 saturated heterocycles. The van der Waals surface area contributed by atoms with E-state index < -0.39 is 0 Å². The van der Waals surface area contributed by atoms with E-state index in [9.17, 15) is 0 Å². The molecule has 6 rings (SSSR count). The fourth-order valence-corrected chi connectivity index (χ4v) is 5.83. The summed E-state index contributed by atoms with van der Waals surface area (Å²) in [6.45, 7) is 5.09. The summed E-state index contributed by atoms with van der Waals surface area (Å²) in [7, 11) is 0. The number of rotatable bonds is 0. The molecule has 0 aromatic heterocycles. The van der Waals surface area contributed by atoms with Gasteiger partial charge in [0.05, 0.1) is 0 Å². The van der Waals surface area contributed by atoms with Gasteiger partial charge in [-0.2, -0.15) is 0 Å². The van der Waals surface area contributed by atoms with Crippen molar-refractivity contribution in [1.29, 1.82) is 0 Å². The highest BCUT2D eigenvalue weighted by atomic mass is 14.9. The molecule has 0 aromatic rings. The molecule has 60 valence electrons. The van der Waals surface area contributed by atoms with E-state index in [2.05, 4.69) is 13.8 Å². The zero-order chi connectivity index (χ0) is 7.43. The average Bonchev–Trinajstić information content (AvgIpc) is 2.48. The lowest BCUT2D eigenvalue weighted by molar-refractivity contribution is -0.0984. The lowest BCUT2D eigenvalue weighted by Gasteiger charge is -2.58. The maximum Gasteiger partial charge on any atom is -0.0196 e. The van der Waals surface area contributed by atoms with E-state index in [0.717, 1.165) is 22.7 Å². The molecular weight excluding hydrogens is 132 g/mol. The summed E-state index contributed by atoms with van der Waals surface area (Å²) in [4.78, 5) is 0. The lowest BCUT2D eigenvalue weighted by atomic mass is 9.46. The Morgan fingerprint density at radius 1 is 1.27 bits per heavy atom. The second-order valence-electron chi connectivity index (χ2n) is 5.93. The van der Waals surface area contributed by atoms with Gasteiger partial charge < -0.3 is 0 Å². The minimum atomic E-state index is 0.825. The van der Waals surface area contributed by atoms with Gasteiger partial charge in [-0.1, -0.05) is 13.8 Å². The van der Waals surface area contributed by atoms with Gasteiger partial charge in [0.15, 0.2) is 0 Å². The predicted octanol–water partition coefficient (Wildman–Crippen LogP) is 2.69. The third-order valence-electron chi connectivity index (χ3n) is 6.03. The van der Waals surface area contributed by atoms with Crippen LogP contribution in [0.1, 0.15) is 33.1 Å². The zero-order valence-electron chi connectivity index (χ0n) is 7.43. The molecule has 0 aromatic carbocycles. The molecule has 0 nitrogen and oxygen atoms in total. The van der Waals surface area contributed by atoms with Gasteiger partial charge in [-0.3, -0.25) is 0 Å². The van der Waals surface area contributed by atoms with Crippen LogP contribution in [-0.4, -0.2) is 0 Å². The van der Waals surface area contributed by atoms with E-state index in [1.807, 2.05) is 0 Å². The molecule has 6 aliphatic rings. The first-order valence-corrected chi connectivity index (χ1v) is 5.19. The summed E-state index contributed by atoms with van der Waals surface area (Å²) < 4.78 is 0. The highest BCUT2D eigenvalue weighted by Crippen LogP contribution is 2.94. The zero-order valence-corrected chi connectivity index (χ0v) is 7.43. The van der Waals surface area contributed by atoms with Crippen LogP contribution in [0.4, 0.5) is 0 Å². The fraction of sp³-hybridized carbons (Fsp3) is 1.00. The van der Waals surface area contributed by atoms with Gasteiger partial charge in [0.1, 0.15) is 0 Å². The van der Waals surface area contributed by atoms with Crippen molar-refractivity contribution in [2.75, 3.05) is 0 Å². The standard InChI is InChI=1S/C11H16/c1-6-10(2)4-7-3-8-9(10)11(6,8)5-7/h6-9H,3-5H2,1-2H3. The molecule has 0 heteroatoms. The summed E-state index contributed by atoms with van der Waals surface area (Å²) in [5, 5.41) is 0. The van der Waals surface area contributed by atoms with E-state index >= 15 is 0 Å². The summed E-state index contributed by atoms with van der Waals surface area (Å²) in [5.74, 6) is 4.66. The highest BCUT2D eigenvalue weighted by molar-refractivity contribution is 5.36. The molecule has 6 saturated carbocycles. The molecule has 0 heterocycles. The fourth-order valence-electron chi connectivity index (χ4n) is 5.83. The Labute approximate surface area is 68.4 Å². The SMILES string of the molecule is CC1C2(C)CC3CC4C2C41C3. The summed E-state index contributed by atoms with van der Waals surface area (Å²) in [6, 6.07) is 0. The maximum absolute atomic E-state index is 2.56. The van der Waals surface area contributed by atoms with Gasteiger partial charge in [-0.25, -0.2) is 0 Å². The molecule has 0 radical (unpaired) electrons. The molecular formula is C11H16. The van der Waals surface area contributed by atoms with E-state index in [1.54, 1.807) is 19.3 Å². The Hall–Kier alpha value is 0. The normalized spacial score (nSPS) is 81.3. The first-order chi connectivity index (χ1) is 5.19. The lowest BCUT2D eigenvalue weighted by Crippen LogP contribution is -2.52. The van der Waals surface area contributed by atoms with Crippen molar-refractivity contribution in [3.8, 4) is 0 Å². The van der Waals surface area contributed by atoms with Crippen LogP contribution in [0, 0.1) is 34.5 Å². The molecule has 6 aliphatic carbocycles. The van der Waals surface area contributed by atoms with Gasteiger partial charge in [0.25, 0.3) is 0 Å². The summed E-state index contributed by atoms with van der Waals surface area (Å²) in [6.07, 6.45) is 4.82. The second kappa shape index (κ2) is 1.11. The molecule has 6 fully saturated rings. The number of hydrogen-bond acceptors (Lipinski definition) is 0. The maximum atomic E-state index is 2.56. The molecule has 5 bridgehead atoms. The van der Waals surface area contributed by atoms with E-state index in [0.29, 0.717) is 0 Å². The topological polar surface area (TPSA) is 0 Å². The van der Waals surface area contributed by atoms with Gasteiger partial charge in [0, 0.05) is 0 Å². The Kier molecular flexibility index (Phi) is 0.567. The van der Waals surface area contributed by atoms with Crippen LogP contribution < -0.4 is 0 Å². The smallest absolute Gasteiger partial charge is 0.0196 e. The Morgan fingerprint density at radius 3 is 2.64 bits per heavy atom. The molecule has 0 amide bonds. The molecule has 0 N–H and O–H groups in total. The minimum absolute atomic E-state index is 0.825. The van der Waals surface area contributed by atoms with Crippen LogP contribution in [0.25, 0.3) is 0 Å². The molecule has 6 atom stereocenters. The van der Waals surface area contributed by atoms with Crippen molar-refractivity contribution >= 4 is 0 Å². The summed E-state index contributed by atoms with van der Waals surface area (Å²) >= 11 is 0. The van der Waals surface area contributed by atoms with Crippen LogP contribution >= 0.6 is 0 Å². The van der Waals surface area contributed by atoms with Crippen LogP contribution in [0.15, 0.2) is 0 Å².